The van der Waals surface area contributed by atoms with E-state index in [1.807, 2.05) is 0 Å². The summed E-state index contributed by atoms with van der Waals surface area (Å²) < 4.78 is 0. The summed E-state index contributed by atoms with van der Waals surface area (Å²) in [6, 6.07) is 7.59. The maximum absolute atomic E-state index is 3.48. The van der Waals surface area contributed by atoms with Crippen LogP contribution in [0.15, 0.2) is 18.2 Å². The monoisotopic (exact) mass is 289 g/mol. The molecule has 3 heteroatoms. The van der Waals surface area contributed by atoms with Crippen LogP contribution in [0.25, 0.3) is 0 Å². The highest BCUT2D eigenvalue weighted by Gasteiger charge is 2.31. The minimum Gasteiger partial charge on any atom is -0.369 e. The van der Waals surface area contributed by atoms with Crippen LogP contribution in [-0.2, 0) is 6.54 Å². The Morgan fingerprint density at radius 2 is 2.05 bits per heavy atom. The topological polar surface area (TPSA) is 18.5 Å². The summed E-state index contributed by atoms with van der Waals surface area (Å²) in [5.41, 5.74) is 4.20. The van der Waals surface area contributed by atoms with Crippen molar-refractivity contribution in [2.24, 2.45) is 5.92 Å². The summed E-state index contributed by atoms with van der Waals surface area (Å²) in [5, 5.41) is 3.48. The highest BCUT2D eigenvalue weighted by molar-refractivity contribution is 5.55. The van der Waals surface area contributed by atoms with E-state index in [-0.39, 0.29) is 0 Å². The summed E-state index contributed by atoms with van der Waals surface area (Å²) in [6.07, 6.45) is 1.19. The molecule has 0 aliphatic carbocycles. The molecule has 118 valence electrons. The molecule has 0 radical (unpaired) electrons. The molecule has 1 aromatic rings. The third-order valence-electron chi connectivity index (χ3n) is 4.59. The van der Waals surface area contributed by atoms with Gasteiger partial charge in [-0.1, -0.05) is 26.0 Å². The van der Waals surface area contributed by atoms with Crippen molar-refractivity contribution in [1.82, 2.24) is 10.2 Å². The van der Waals surface area contributed by atoms with Gasteiger partial charge in [0.1, 0.15) is 0 Å². The van der Waals surface area contributed by atoms with Crippen LogP contribution in [0, 0.1) is 12.8 Å². The van der Waals surface area contributed by atoms with E-state index in [2.05, 4.69) is 68.2 Å². The summed E-state index contributed by atoms with van der Waals surface area (Å²) in [5.74, 6) is 0.727. The van der Waals surface area contributed by atoms with Crippen LogP contribution in [0.3, 0.4) is 0 Å². The van der Waals surface area contributed by atoms with Crippen molar-refractivity contribution in [3.05, 3.63) is 29.3 Å². The number of rotatable bonds is 6. The second-order valence-corrected chi connectivity index (χ2v) is 6.71. The van der Waals surface area contributed by atoms with E-state index >= 15 is 0 Å². The average molecular weight is 289 g/mol. The van der Waals surface area contributed by atoms with Crippen LogP contribution < -0.4 is 10.2 Å². The Labute approximate surface area is 130 Å². The molecule has 1 N–H and O–H groups in total. The van der Waals surface area contributed by atoms with Crippen LogP contribution in [0.2, 0.25) is 0 Å². The van der Waals surface area contributed by atoms with Crippen molar-refractivity contribution in [2.75, 3.05) is 38.6 Å². The first-order valence-electron chi connectivity index (χ1n) is 8.24. The number of nitrogens with one attached hydrogen (secondary N) is 1. The van der Waals surface area contributed by atoms with Crippen LogP contribution in [-0.4, -0.2) is 44.7 Å². The predicted molar refractivity (Wildman–Crippen MR) is 92.0 cm³/mol. The number of aryl methyl sites for hydroxylation is 1. The van der Waals surface area contributed by atoms with Crippen LogP contribution in [0.1, 0.15) is 31.4 Å². The maximum Gasteiger partial charge on any atom is 0.0396 e. The van der Waals surface area contributed by atoms with E-state index in [9.17, 15) is 0 Å². The number of hydrogen-bond acceptors (Lipinski definition) is 3. The van der Waals surface area contributed by atoms with E-state index in [4.69, 9.17) is 0 Å². The molecular weight excluding hydrogens is 258 g/mol. The van der Waals surface area contributed by atoms with Gasteiger partial charge < -0.3 is 15.1 Å². The Hall–Kier alpha value is -1.06. The molecule has 0 spiro atoms. The molecule has 0 aromatic heterocycles. The SMILES string of the molecule is CCCNCc1ccc(N2CC(C)C(N(C)C)C2)c(C)c1. The summed E-state index contributed by atoms with van der Waals surface area (Å²) >= 11 is 0. The van der Waals surface area contributed by atoms with E-state index in [0.29, 0.717) is 6.04 Å². The third-order valence-corrected chi connectivity index (χ3v) is 4.59. The van der Waals surface area contributed by atoms with Crippen molar-refractivity contribution in [1.29, 1.82) is 0 Å². The first-order valence-corrected chi connectivity index (χ1v) is 8.24. The van der Waals surface area contributed by atoms with Gasteiger partial charge in [-0.15, -0.1) is 0 Å². The standard InChI is InChI=1S/C18H31N3/c1-6-9-19-11-16-7-8-17(14(2)10-16)21-12-15(3)18(13-21)20(4)5/h7-8,10,15,18-19H,6,9,11-13H2,1-5H3. The normalized spacial score (nSPS) is 22.3. The second-order valence-electron chi connectivity index (χ2n) is 6.71. The van der Waals surface area contributed by atoms with Crippen molar-refractivity contribution in [2.45, 2.75) is 39.8 Å². The van der Waals surface area contributed by atoms with Crippen LogP contribution in [0.5, 0.6) is 0 Å². The minimum atomic E-state index is 0.662. The maximum atomic E-state index is 3.48. The van der Waals surface area contributed by atoms with Gasteiger partial charge in [-0.25, -0.2) is 0 Å². The molecule has 1 aromatic carbocycles. The van der Waals surface area contributed by atoms with Gasteiger partial charge in [-0.05, 0) is 57.1 Å². The molecule has 0 saturated carbocycles. The van der Waals surface area contributed by atoms with Crippen molar-refractivity contribution < 1.29 is 0 Å². The average Bonchev–Trinajstić information content (AvgIpc) is 2.81. The molecule has 0 amide bonds. The highest BCUT2D eigenvalue weighted by atomic mass is 15.2. The van der Waals surface area contributed by atoms with E-state index in [1.54, 1.807) is 0 Å². The molecule has 2 unspecified atom stereocenters. The van der Waals surface area contributed by atoms with E-state index in [1.165, 1.54) is 23.2 Å². The molecule has 2 rings (SSSR count). The first-order chi connectivity index (χ1) is 10.0. The fraction of sp³-hybridized carbons (Fsp3) is 0.667. The molecule has 0 bridgehead atoms. The molecule has 2 atom stereocenters. The Morgan fingerprint density at radius 1 is 1.29 bits per heavy atom. The lowest BCUT2D eigenvalue weighted by atomic mass is 10.1. The largest absolute Gasteiger partial charge is 0.369 e. The van der Waals surface area contributed by atoms with Gasteiger partial charge in [0.2, 0.25) is 0 Å². The third kappa shape index (κ3) is 3.98. The zero-order chi connectivity index (χ0) is 15.4. The molecule has 1 heterocycles. The van der Waals surface area contributed by atoms with Gasteiger partial charge in [0.05, 0.1) is 0 Å². The van der Waals surface area contributed by atoms with Crippen molar-refractivity contribution >= 4 is 5.69 Å². The van der Waals surface area contributed by atoms with E-state index < -0.39 is 0 Å². The Morgan fingerprint density at radius 3 is 2.62 bits per heavy atom. The number of hydrogen-bond donors (Lipinski definition) is 1. The van der Waals surface area contributed by atoms with Gasteiger partial charge in [-0.2, -0.15) is 0 Å². The zero-order valence-electron chi connectivity index (χ0n) is 14.3. The number of likely N-dealkylation sites (N-methyl/N-ethyl adjacent to an activating group) is 1. The molecule has 1 saturated heterocycles. The zero-order valence-corrected chi connectivity index (χ0v) is 14.3. The number of nitrogens with zero attached hydrogens (tertiary/aromatic N) is 2. The minimum absolute atomic E-state index is 0.662. The van der Waals surface area contributed by atoms with Gasteiger partial charge in [-0.3, -0.25) is 0 Å². The number of benzene rings is 1. The molecule has 21 heavy (non-hydrogen) atoms. The van der Waals surface area contributed by atoms with Gasteiger partial charge in [0, 0.05) is 31.4 Å². The van der Waals surface area contributed by atoms with Crippen molar-refractivity contribution in [3.8, 4) is 0 Å². The fourth-order valence-corrected chi connectivity index (χ4v) is 3.41. The lowest BCUT2D eigenvalue weighted by Crippen LogP contribution is -2.34. The Bertz CT molecular complexity index is 456. The van der Waals surface area contributed by atoms with Crippen molar-refractivity contribution in [3.63, 3.8) is 0 Å². The molecule has 1 fully saturated rings. The van der Waals surface area contributed by atoms with Gasteiger partial charge in [0.15, 0.2) is 0 Å². The lowest BCUT2D eigenvalue weighted by molar-refractivity contribution is 0.266. The number of anilines is 1. The smallest absolute Gasteiger partial charge is 0.0396 e. The quantitative estimate of drug-likeness (QED) is 0.812. The van der Waals surface area contributed by atoms with Gasteiger partial charge >= 0.3 is 0 Å². The highest BCUT2D eigenvalue weighted by Crippen LogP contribution is 2.29. The molecular formula is C18H31N3. The lowest BCUT2D eigenvalue weighted by Gasteiger charge is -2.24. The summed E-state index contributed by atoms with van der Waals surface area (Å²) in [4.78, 5) is 4.91. The predicted octanol–water partition coefficient (Wildman–Crippen LogP) is 2.88. The summed E-state index contributed by atoms with van der Waals surface area (Å²) in [7, 11) is 4.39. The molecule has 1 aliphatic heterocycles. The van der Waals surface area contributed by atoms with E-state index in [0.717, 1.165) is 32.1 Å². The Balaban J connectivity index is 2.04. The van der Waals surface area contributed by atoms with Crippen LogP contribution in [0.4, 0.5) is 5.69 Å². The second kappa shape index (κ2) is 7.28. The molecule has 3 nitrogen and oxygen atoms in total. The summed E-state index contributed by atoms with van der Waals surface area (Å²) in [6.45, 7) is 11.2. The van der Waals surface area contributed by atoms with Gasteiger partial charge in [0.25, 0.3) is 0 Å². The fourth-order valence-electron chi connectivity index (χ4n) is 3.41. The first kappa shape index (κ1) is 16.3. The molecule has 1 aliphatic rings. The van der Waals surface area contributed by atoms with Crippen LogP contribution >= 0.6 is 0 Å². The Kier molecular flexibility index (Phi) is 5.65.